The highest BCUT2D eigenvalue weighted by Gasteiger charge is 2.17. The minimum Gasteiger partial charge on any atom is -0.317 e. The predicted octanol–water partition coefficient (Wildman–Crippen LogP) is 2.95. The van der Waals surface area contributed by atoms with Crippen molar-refractivity contribution in [2.75, 3.05) is 26.2 Å². The zero-order valence-electron chi connectivity index (χ0n) is 11.7. The Hall–Kier alpha value is -0.640. The maximum Gasteiger partial charge on any atom is 0.133 e. The number of hydrogen-bond donors (Lipinski definition) is 1. The van der Waals surface area contributed by atoms with Crippen molar-refractivity contribution in [1.29, 1.82) is 0 Å². The summed E-state index contributed by atoms with van der Waals surface area (Å²) in [7, 11) is 0. The first-order chi connectivity index (χ1) is 9.29. The van der Waals surface area contributed by atoms with E-state index in [1.54, 1.807) is 6.20 Å². The van der Waals surface area contributed by atoms with Crippen molar-refractivity contribution in [3.05, 3.63) is 29.0 Å². The largest absolute Gasteiger partial charge is 0.317 e. The van der Waals surface area contributed by atoms with E-state index in [4.69, 9.17) is 11.6 Å². The molecule has 1 aliphatic heterocycles. The highest BCUT2D eigenvalue weighted by Crippen LogP contribution is 2.18. The lowest BCUT2D eigenvalue weighted by Gasteiger charge is -2.30. The van der Waals surface area contributed by atoms with Crippen LogP contribution in [0.2, 0.25) is 5.15 Å². The molecule has 0 saturated carbocycles. The Labute approximate surface area is 121 Å². The van der Waals surface area contributed by atoms with E-state index >= 15 is 0 Å². The van der Waals surface area contributed by atoms with Crippen LogP contribution < -0.4 is 5.32 Å². The van der Waals surface area contributed by atoms with E-state index < -0.39 is 0 Å². The molecule has 0 radical (unpaired) electrons. The lowest BCUT2D eigenvalue weighted by atomic mass is 9.97. The molecule has 1 saturated heterocycles. The molecule has 0 aliphatic carbocycles. The summed E-state index contributed by atoms with van der Waals surface area (Å²) in [4.78, 5) is 6.69. The normalized spacial score (nSPS) is 17.0. The molecule has 0 bridgehead atoms. The number of hydrogen-bond acceptors (Lipinski definition) is 3. The van der Waals surface area contributed by atoms with Gasteiger partial charge in [0.1, 0.15) is 5.15 Å². The zero-order chi connectivity index (χ0) is 13.5. The first kappa shape index (κ1) is 14.8. The summed E-state index contributed by atoms with van der Waals surface area (Å²) in [5.41, 5.74) is 1.14. The first-order valence-electron chi connectivity index (χ1n) is 7.32. The van der Waals surface area contributed by atoms with Gasteiger partial charge in [0.25, 0.3) is 0 Å². The number of nitrogens with one attached hydrogen (secondary N) is 1. The van der Waals surface area contributed by atoms with Crippen molar-refractivity contribution in [3.8, 4) is 0 Å². The molecular formula is C15H24ClN3. The van der Waals surface area contributed by atoms with Crippen molar-refractivity contribution in [1.82, 2.24) is 15.2 Å². The van der Waals surface area contributed by atoms with Gasteiger partial charge in [-0.05, 0) is 50.9 Å². The van der Waals surface area contributed by atoms with Gasteiger partial charge in [0.15, 0.2) is 0 Å². The van der Waals surface area contributed by atoms with Crippen LogP contribution in [0.5, 0.6) is 0 Å². The van der Waals surface area contributed by atoms with E-state index in [0.717, 1.165) is 37.7 Å². The van der Waals surface area contributed by atoms with E-state index in [0.29, 0.717) is 5.15 Å². The summed E-state index contributed by atoms with van der Waals surface area (Å²) >= 11 is 6.16. The SMILES string of the molecule is CCCN(Cc1cccnc1Cl)CC1CCNCC1. The lowest BCUT2D eigenvalue weighted by Crippen LogP contribution is -2.36. The monoisotopic (exact) mass is 281 g/mol. The van der Waals surface area contributed by atoms with Crippen molar-refractivity contribution in [2.45, 2.75) is 32.7 Å². The quantitative estimate of drug-likeness (QED) is 0.813. The summed E-state index contributed by atoms with van der Waals surface area (Å²) in [5.74, 6) is 0.822. The molecule has 106 valence electrons. The first-order valence-corrected chi connectivity index (χ1v) is 7.70. The van der Waals surface area contributed by atoms with Crippen LogP contribution in [-0.4, -0.2) is 36.1 Å². The molecule has 19 heavy (non-hydrogen) atoms. The average molecular weight is 282 g/mol. The predicted molar refractivity (Wildman–Crippen MR) is 80.4 cm³/mol. The number of pyridine rings is 1. The van der Waals surface area contributed by atoms with Crippen molar-refractivity contribution in [3.63, 3.8) is 0 Å². The van der Waals surface area contributed by atoms with E-state index in [1.165, 1.54) is 25.8 Å². The van der Waals surface area contributed by atoms with Crippen LogP contribution in [-0.2, 0) is 6.54 Å². The second-order valence-electron chi connectivity index (χ2n) is 5.38. The third-order valence-corrected chi connectivity index (χ3v) is 4.09. The average Bonchev–Trinajstić information content (AvgIpc) is 2.43. The van der Waals surface area contributed by atoms with E-state index in [9.17, 15) is 0 Å². The van der Waals surface area contributed by atoms with Gasteiger partial charge in [-0.15, -0.1) is 0 Å². The summed E-state index contributed by atoms with van der Waals surface area (Å²) in [6.45, 7) is 7.80. The minimum absolute atomic E-state index is 0.647. The van der Waals surface area contributed by atoms with Gasteiger partial charge >= 0.3 is 0 Å². The van der Waals surface area contributed by atoms with Gasteiger partial charge in [0, 0.05) is 24.8 Å². The molecule has 1 N–H and O–H groups in total. The Morgan fingerprint density at radius 3 is 2.89 bits per heavy atom. The van der Waals surface area contributed by atoms with Gasteiger partial charge in [-0.25, -0.2) is 4.98 Å². The summed E-state index contributed by atoms with van der Waals surface area (Å²) < 4.78 is 0. The van der Waals surface area contributed by atoms with Crippen LogP contribution in [0.15, 0.2) is 18.3 Å². The molecule has 0 unspecified atom stereocenters. The number of halogens is 1. The fourth-order valence-corrected chi connectivity index (χ4v) is 2.94. The van der Waals surface area contributed by atoms with Crippen LogP contribution in [0, 0.1) is 5.92 Å². The van der Waals surface area contributed by atoms with E-state index in [-0.39, 0.29) is 0 Å². The Bertz CT molecular complexity index is 377. The number of rotatable bonds is 6. The van der Waals surface area contributed by atoms with E-state index in [2.05, 4.69) is 28.2 Å². The van der Waals surface area contributed by atoms with Crippen molar-refractivity contribution in [2.24, 2.45) is 5.92 Å². The topological polar surface area (TPSA) is 28.2 Å². The second-order valence-corrected chi connectivity index (χ2v) is 5.74. The van der Waals surface area contributed by atoms with Crippen LogP contribution in [0.1, 0.15) is 31.7 Å². The Morgan fingerprint density at radius 1 is 1.42 bits per heavy atom. The van der Waals surface area contributed by atoms with Gasteiger partial charge in [-0.1, -0.05) is 24.6 Å². The van der Waals surface area contributed by atoms with Crippen molar-refractivity contribution < 1.29 is 0 Å². The van der Waals surface area contributed by atoms with Gasteiger partial charge in [0.05, 0.1) is 0 Å². The van der Waals surface area contributed by atoms with Gasteiger partial charge in [-0.3, -0.25) is 4.90 Å². The molecule has 1 aliphatic rings. The fourth-order valence-electron chi connectivity index (χ4n) is 2.76. The van der Waals surface area contributed by atoms with Crippen LogP contribution >= 0.6 is 11.6 Å². The maximum atomic E-state index is 6.16. The molecule has 1 aromatic heterocycles. The molecule has 3 nitrogen and oxygen atoms in total. The highest BCUT2D eigenvalue weighted by molar-refractivity contribution is 6.30. The number of piperidine rings is 1. The standard InChI is InChI=1S/C15H24ClN3/c1-2-10-19(11-13-5-8-17-9-6-13)12-14-4-3-7-18-15(14)16/h3-4,7,13,17H,2,5-6,8-12H2,1H3. The molecule has 2 rings (SSSR count). The van der Waals surface area contributed by atoms with Gasteiger partial charge in [0.2, 0.25) is 0 Å². The maximum absolute atomic E-state index is 6.16. The Kier molecular flexibility index (Phi) is 6.08. The van der Waals surface area contributed by atoms with Gasteiger partial charge in [-0.2, -0.15) is 0 Å². The second kappa shape index (κ2) is 7.83. The number of nitrogens with zero attached hydrogens (tertiary/aromatic N) is 2. The van der Waals surface area contributed by atoms with Crippen LogP contribution in [0.4, 0.5) is 0 Å². The molecule has 1 fully saturated rings. The molecule has 2 heterocycles. The van der Waals surface area contributed by atoms with Crippen LogP contribution in [0.25, 0.3) is 0 Å². The third kappa shape index (κ3) is 4.75. The number of aromatic nitrogens is 1. The van der Waals surface area contributed by atoms with E-state index in [1.807, 2.05) is 6.07 Å². The van der Waals surface area contributed by atoms with Gasteiger partial charge < -0.3 is 5.32 Å². The summed E-state index contributed by atoms with van der Waals surface area (Å²) in [5, 5.41) is 4.08. The fraction of sp³-hybridized carbons (Fsp3) is 0.667. The minimum atomic E-state index is 0.647. The molecule has 0 atom stereocenters. The summed E-state index contributed by atoms with van der Waals surface area (Å²) in [6.07, 6.45) is 5.52. The highest BCUT2D eigenvalue weighted by atomic mass is 35.5. The third-order valence-electron chi connectivity index (χ3n) is 3.75. The van der Waals surface area contributed by atoms with Crippen LogP contribution in [0.3, 0.4) is 0 Å². The lowest BCUT2D eigenvalue weighted by molar-refractivity contribution is 0.198. The Morgan fingerprint density at radius 2 is 2.21 bits per heavy atom. The smallest absolute Gasteiger partial charge is 0.133 e. The molecule has 0 amide bonds. The molecule has 0 aromatic carbocycles. The van der Waals surface area contributed by atoms with Crippen molar-refractivity contribution >= 4 is 11.6 Å². The summed E-state index contributed by atoms with van der Waals surface area (Å²) in [6, 6.07) is 4.05. The zero-order valence-corrected chi connectivity index (χ0v) is 12.5. The molecule has 1 aromatic rings. The molecule has 4 heteroatoms. The molecule has 0 spiro atoms. The Balaban J connectivity index is 1.93. The molecular weight excluding hydrogens is 258 g/mol.